The molecule has 0 saturated carbocycles. The minimum absolute atomic E-state index is 0.0368. The molecule has 0 radical (unpaired) electrons. The third kappa shape index (κ3) is 4.43. The van der Waals surface area contributed by atoms with Gasteiger partial charge in [0.2, 0.25) is 0 Å². The Morgan fingerprint density at radius 1 is 1.03 bits per heavy atom. The molecule has 0 aliphatic heterocycles. The van der Waals surface area contributed by atoms with Crippen molar-refractivity contribution >= 4 is 22.6 Å². The number of ether oxygens (including phenoxy) is 1. The van der Waals surface area contributed by atoms with Gasteiger partial charge in [-0.1, -0.05) is 30.3 Å². The van der Waals surface area contributed by atoms with Crippen molar-refractivity contribution in [1.29, 1.82) is 5.41 Å². The summed E-state index contributed by atoms with van der Waals surface area (Å²) >= 11 is 0. The molecular formula is C25H24N4O2. The second-order valence-corrected chi connectivity index (χ2v) is 7.31. The lowest BCUT2D eigenvalue weighted by atomic mass is 10.0. The van der Waals surface area contributed by atoms with Crippen molar-refractivity contribution in [2.75, 3.05) is 13.7 Å². The average molecular weight is 412 g/mol. The van der Waals surface area contributed by atoms with Crippen LogP contribution in [0.25, 0.3) is 22.0 Å². The maximum Gasteiger partial charge on any atom is 0.251 e. The summed E-state index contributed by atoms with van der Waals surface area (Å²) in [4.78, 5) is 15.6. The van der Waals surface area contributed by atoms with E-state index < -0.39 is 0 Å². The van der Waals surface area contributed by atoms with Crippen LogP contribution in [-0.4, -0.2) is 30.4 Å². The fraction of sp³-hybridized carbons (Fsp3) is 0.120. The van der Waals surface area contributed by atoms with Crippen molar-refractivity contribution in [3.8, 4) is 16.9 Å². The van der Waals surface area contributed by atoms with Crippen molar-refractivity contribution in [2.45, 2.75) is 6.42 Å². The first kappa shape index (κ1) is 20.2. The Hall–Kier alpha value is -4.06. The Morgan fingerprint density at radius 2 is 1.71 bits per heavy atom. The highest BCUT2D eigenvalue weighted by atomic mass is 16.5. The molecule has 0 atom stereocenters. The zero-order valence-corrected chi connectivity index (χ0v) is 17.2. The van der Waals surface area contributed by atoms with Crippen LogP contribution >= 0.6 is 0 Å². The molecule has 0 aliphatic carbocycles. The molecule has 3 aromatic carbocycles. The number of fused-ring (bicyclic) bond motifs is 1. The maximum absolute atomic E-state index is 12.5. The second-order valence-electron chi connectivity index (χ2n) is 7.31. The van der Waals surface area contributed by atoms with Crippen LogP contribution < -0.4 is 15.8 Å². The summed E-state index contributed by atoms with van der Waals surface area (Å²) in [5, 5.41) is 11.6. The molecule has 4 aromatic rings. The molecule has 1 heterocycles. The van der Waals surface area contributed by atoms with Gasteiger partial charge >= 0.3 is 0 Å². The smallest absolute Gasteiger partial charge is 0.251 e. The van der Waals surface area contributed by atoms with E-state index in [2.05, 4.69) is 10.3 Å². The Bertz CT molecular complexity index is 1220. The first-order chi connectivity index (χ1) is 15.0. The van der Waals surface area contributed by atoms with Crippen LogP contribution in [0.15, 0.2) is 72.9 Å². The number of carbonyl (C=O) groups excluding carboxylic acids is 1. The second kappa shape index (κ2) is 8.75. The van der Waals surface area contributed by atoms with Gasteiger partial charge in [0.05, 0.1) is 7.11 Å². The number of amidine groups is 1. The number of nitrogens with two attached hydrogens (primary N) is 1. The van der Waals surface area contributed by atoms with Crippen LogP contribution in [0.3, 0.4) is 0 Å². The van der Waals surface area contributed by atoms with E-state index in [1.165, 1.54) is 0 Å². The number of carbonyl (C=O) groups is 1. The summed E-state index contributed by atoms with van der Waals surface area (Å²) in [5.41, 5.74) is 11.1. The minimum Gasteiger partial charge on any atom is -0.497 e. The molecule has 6 nitrogen and oxygen atoms in total. The number of rotatable bonds is 7. The number of benzene rings is 3. The summed E-state index contributed by atoms with van der Waals surface area (Å²) in [6.07, 6.45) is 2.43. The summed E-state index contributed by atoms with van der Waals surface area (Å²) in [6.45, 7) is 0.518. The molecule has 0 aliphatic rings. The molecule has 0 spiro atoms. The largest absolute Gasteiger partial charge is 0.497 e. The van der Waals surface area contributed by atoms with Gasteiger partial charge in [0.15, 0.2) is 0 Å². The molecule has 31 heavy (non-hydrogen) atoms. The Kier molecular flexibility index (Phi) is 5.71. The summed E-state index contributed by atoms with van der Waals surface area (Å²) in [5.74, 6) is 0.746. The number of methoxy groups -OCH3 is 1. The van der Waals surface area contributed by atoms with Crippen molar-refractivity contribution < 1.29 is 9.53 Å². The Morgan fingerprint density at radius 3 is 2.35 bits per heavy atom. The van der Waals surface area contributed by atoms with Crippen LogP contribution in [0.2, 0.25) is 0 Å². The summed E-state index contributed by atoms with van der Waals surface area (Å²) in [7, 11) is 1.64. The number of hydrogen-bond donors (Lipinski definition) is 4. The van der Waals surface area contributed by atoms with Crippen LogP contribution in [-0.2, 0) is 6.42 Å². The number of aromatic nitrogens is 1. The average Bonchev–Trinajstić information content (AvgIpc) is 3.23. The highest BCUT2D eigenvalue weighted by Crippen LogP contribution is 2.23. The van der Waals surface area contributed by atoms with Gasteiger partial charge < -0.3 is 20.8 Å². The first-order valence-corrected chi connectivity index (χ1v) is 10.0. The number of aromatic amines is 1. The van der Waals surface area contributed by atoms with E-state index in [0.29, 0.717) is 24.1 Å². The molecule has 0 bridgehead atoms. The molecule has 156 valence electrons. The SMILES string of the molecule is COc1ccc(-c2ccc(C(=O)NCCc3ccc4[nH]cc(C(=N)N)c4c3)cc2)cc1. The molecule has 1 aromatic heterocycles. The van der Waals surface area contributed by atoms with Crippen molar-refractivity contribution in [2.24, 2.45) is 5.73 Å². The van der Waals surface area contributed by atoms with Crippen LogP contribution in [0.5, 0.6) is 5.75 Å². The fourth-order valence-electron chi connectivity index (χ4n) is 3.57. The van der Waals surface area contributed by atoms with E-state index >= 15 is 0 Å². The van der Waals surface area contributed by atoms with Gasteiger partial charge in [-0.3, -0.25) is 10.2 Å². The van der Waals surface area contributed by atoms with Crippen LogP contribution in [0, 0.1) is 5.41 Å². The van der Waals surface area contributed by atoms with Crippen LogP contribution in [0.1, 0.15) is 21.5 Å². The molecule has 5 N–H and O–H groups in total. The van der Waals surface area contributed by atoms with Gasteiger partial charge in [-0.25, -0.2) is 0 Å². The van der Waals surface area contributed by atoms with Crippen molar-refractivity contribution in [3.05, 3.63) is 89.6 Å². The number of amides is 1. The molecule has 0 unspecified atom stereocenters. The Labute approximate surface area is 180 Å². The van der Waals surface area contributed by atoms with Crippen molar-refractivity contribution in [1.82, 2.24) is 10.3 Å². The lowest BCUT2D eigenvalue weighted by Gasteiger charge is -2.08. The summed E-state index contributed by atoms with van der Waals surface area (Å²) < 4.78 is 5.19. The lowest BCUT2D eigenvalue weighted by Crippen LogP contribution is -2.25. The number of nitrogen functional groups attached to an aromatic ring is 1. The highest BCUT2D eigenvalue weighted by molar-refractivity contribution is 6.07. The van der Waals surface area contributed by atoms with Gasteiger partial charge in [-0.2, -0.15) is 0 Å². The van der Waals surface area contributed by atoms with Crippen molar-refractivity contribution in [3.63, 3.8) is 0 Å². The zero-order valence-electron chi connectivity index (χ0n) is 17.2. The van der Waals surface area contributed by atoms with E-state index in [0.717, 1.165) is 33.3 Å². The normalized spacial score (nSPS) is 10.7. The standard InChI is InChI=1S/C25H24N4O2/c1-31-20-9-7-18(8-10-20)17-3-5-19(6-4-17)25(30)28-13-12-16-2-11-23-21(14-16)22(15-29-23)24(26)27/h2-11,14-15,29H,12-13H2,1H3,(H3,26,27)(H,28,30). The van der Waals surface area contributed by atoms with Gasteiger partial charge in [0.1, 0.15) is 11.6 Å². The predicted molar refractivity (Wildman–Crippen MR) is 124 cm³/mol. The molecule has 1 amide bonds. The molecule has 4 rings (SSSR count). The monoisotopic (exact) mass is 412 g/mol. The third-order valence-electron chi connectivity index (χ3n) is 5.31. The minimum atomic E-state index is -0.103. The Balaban J connectivity index is 1.37. The fourth-order valence-corrected chi connectivity index (χ4v) is 3.57. The quantitative estimate of drug-likeness (QED) is 0.271. The summed E-state index contributed by atoms with van der Waals surface area (Å²) in [6, 6.07) is 21.4. The number of H-pyrrole nitrogens is 1. The maximum atomic E-state index is 12.5. The van der Waals surface area contributed by atoms with Gasteiger partial charge in [-0.15, -0.1) is 0 Å². The van der Waals surface area contributed by atoms with E-state index in [1.54, 1.807) is 13.3 Å². The molecule has 6 heteroatoms. The van der Waals surface area contributed by atoms with Gasteiger partial charge in [0, 0.05) is 34.8 Å². The number of hydrogen-bond acceptors (Lipinski definition) is 3. The van der Waals surface area contributed by atoms with Gasteiger partial charge in [-0.05, 0) is 59.5 Å². The molecule has 0 fully saturated rings. The van der Waals surface area contributed by atoms with E-state index in [1.807, 2.05) is 66.7 Å². The van der Waals surface area contributed by atoms with Crippen LogP contribution in [0.4, 0.5) is 0 Å². The van der Waals surface area contributed by atoms with E-state index in [9.17, 15) is 4.79 Å². The van der Waals surface area contributed by atoms with Gasteiger partial charge in [0.25, 0.3) is 5.91 Å². The zero-order chi connectivity index (χ0) is 21.8. The lowest BCUT2D eigenvalue weighted by molar-refractivity contribution is 0.0954. The topological polar surface area (TPSA) is 104 Å². The molecule has 0 saturated heterocycles. The predicted octanol–water partition coefficient (Wildman–Crippen LogP) is 4.10. The highest BCUT2D eigenvalue weighted by Gasteiger charge is 2.09. The third-order valence-corrected chi connectivity index (χ3v) is 5.31. The van der Waals surface area contributed by atoms with E-state index in [-0.39, 0.29) is 11.7 Å². The number of nitrogens with one attached hydrogen (secondary N) is 3. The molecular weight excluding hydrogens is 388 g/mol. The first-order valence-electron chi connectivity index (χ1n) is 10.0. The van der Waals surface area contributed by atoms with E-state index in [4.69, 9.17) is 15.9 Å².